The molecule has 3 aromatic carbocycles. The van der Waals surface area contributed by atoms with Crippen molar-refractivity contribution in [1.29, 1.82) is 0 Å². The van der Waals surface area contributed by atoms with Crippen molar-refractivity contribution < 1.29 is 0 Å². The quantitative estimate of drug-likeness (QED) is 0.245. The Morgan fingerprint density at radius 2 is 1.06 bits per heavy atom. The minimum Gasteiger partial charge on any atom is -0.321 e. The molecular weight excluding hydrogens is 420 g/mol. The highest BCUT2D eigenvalue weighted by molar-refractivity contribution is 6.84. The second-order valence-corrected chi connectivity index (χ2v) is 16.2. The maximum absolute atomic E-state index is 4.86. The lowest BCUT2D eigenvalue weighted by Gasteiger charge is -2.49. The first-order valence-corrected chi connectivity index (χ1v) is 14.5. The van der Waals surface area contributed by atoms with Crippen LogP contribution in [0.4, 0.5) is 0 Å². The second kappa shape index (κ2) is 8.14. The summed E-state index contributed by atoms with van der Waals surface area (Å²) in [5, 5.41) is 12.1. The zero-order chi connectivity index (χ0) is 23.3. The predicted molar refractivity (Wildman–Crippen MR) is 142 cm³/mol. The topological polar surface area (TPSA) is 35.6 Å². The number of para-hydroxylation sites is 3. The number of rotatable bonds is 6. The van der Waals surface area contributed by atoms with E-state index in [9.17, 15) is 0 Å². The summed E-state index contributed by atoms with van der Waals surface area (Å²) < 4.78 is 4.87. The van der Waals surface area contributed by atoms with Gasteiger partial charge in [0.05, 0.1) is 16.6 Å². The number of hydrogen-bond donors (Lipinski definition) is 0. The third kappa shape index (κ3) is 3.09. The van der Waals surface area contributed by atoms with Crippen LogP contribution >= 0.6 is 0 Å². The molecule has 0 saturated heterocycles. The van der Waals surface area contributed by atoms with Gasteiger partial charge in [-0.3, -0.25) is 0 Å². The molecule has 0 aliphatic carbocycles. The van der Waals surface area contributed by atoms with E-state index in [1.807, 2.05) is 0 Å². The largest absolute Gasteiger partial charge is 0.321 e. The number of nitrogens with zero attached hydrogens (tertiary/aromatic N) is 4. The van der Waals surface area contributed by atoms with E-state index in [0.717, 1.165) is 11.0 Å². The first-order chi connectivity index (χ1) is 15.9. The Kier molecular flexibility index (Phi) is 5.40. The Bertz CT molecular complexity index is 1350. The van der Waals surface area contributed by atoms with Gasteiger partial charge in [-0.2, -0.15) is 0 Å². The van der Waals surface area contributed by atoms with Crippen LogP contribution in [0.25, 0.3) is 32.8 Å². The van der Waals surface area contributed by atoms with E-state index in [4.69, 9.17) is 5.21 Å². The highest BCUT2D eigenvalue weighted by Crippen LogP contribution is 2.51. The van der Waals surface area contributed by atoms with Crippen LogP contribution < -0.4 is 0 Å². The summed E-state index contributed by atoms with van der Waals surface area (Å²) in [5.74, 6) is 0.106. The fourth-order valence-electron chi connectivity index (χ4n) is 6.72. The van der Waals surface area contributed by atoms with Crippen LogP contribution in [0, 0.1) is 0 Å². The van der Waals surface area contributed by atoms with Gasteiger partial charge in [0.15, 0.2) is 0 Å². The Morgan fingerprint density at radius 1 is 0.606 bits per heavy atom. The van der Waals surface area contributed by atoms with Gasteiger partial charge >= 0.3 is 0 Å². The lowest BCUT2D eigenvalue weighted by molar-refractivity contribution is 0.491. The van der Waals surface area contributed by atoms with Crippen molar-refractivity contribution >= 4 is 40.9 Å². The Hall–Kier alpha value is -2.92. The molecule has 5 heteroatoms. The molecule has 0 spiro atoms. The van der Waals surface area contributed by atoms with Crippen molar-refractivity contribution in [3.8, 4) is 0 Å². The lowest BCUT2D eigenvalue weighted by Crippen LogP contribution is -2.55. The first kappa shape index (κ1) is 21.9. The number of hydrogen-bond acceptors (Lipinski definition) is 2. The molecule has 0 amide bonds. The third-order valence-electron chi connectivity index (χ3n) is 7.92. The molecule has 5 rings (SSSR count). The van der Waals surface area contributed by atoms with Gasteiger partial charge in [-0.25, -0.2) is 4.68 Å². The molecule has 4 nitrogen and oxygen atoms in total. The van der Waals surface area contributed by atoms with E-state index in [1.54, 1.807) is 0 Å². The van der Waals surface area contributed by atoms with E-state index < -0.39 is 8.07 Å². The maximum Gasteiger partial charge on any atom is 0.117 e. The summed E-state index contributed by atoms with van der Waals surface area (Å²) in [5.41, 5.74) is 6.32. The van der Waals surface area contributed by atoms with Crippen molar-refractivity contribution in [2.45, 2.75) is 64.0 Å². The first-order valence-electron chi connectivity index (χ1n) is 12.2. The monoisotopic (exact) mass is 454 g/mol. The van der Waals surface area contributed by atoms with Gasteiger partial charge in [0.25, 0.3) is 0 Å². The van der Waals surface area contributed by atoms with Crippen molar-refractivity contribution in [1.82, 2.24) is 19.6 Å². The lowest BCUT2D eigenvalue weighted by atomic mass is 10.2. The number of benzene rings is 3. The van der Waals surface area contributed by atoms with E-state index >= 15 is 0 Å². The van der Waals surface area contributed by atoms with Crippen LogP contribution in [0.1, 0.15) is 47.3 Å². The standard InChI is InChI=1S/C28H34N4Si/c1-19(2)33(20(3)4,21(5)6)28(32-27-18-12-9-15-24(27)29-30-32)31-25-16-10-7-13-22(25)23-14-8-11-17-26(23)31/h7-21,28H,1-6H3. The second-order valence-electron chi connectivity index (χ2n) is 10.3. The van der Waals surface area contributed by atoms with Crippen LogP contribution in [0.2, 0.25) is 16.6 Å². The van der Waals surface area contributed by atoms with Gasteiger partial charge in [0.1, 0.15) is 19.4 Å². The van der Waals surface area contributed by atoms with E-state index in [2.05, 4.69) is 129 Å². The van der Waals surface area contributed by atoms with Gasteiger partial charge in [0, 0.05) is 10.8 Å². The molecule has 0 bridgehead atoms. The van der Waals surface area contributed by atoms with Crippen molar-refractivity contribution in [3.05, 3.63) is 72.8 Å². The molecule has 1 atom stereocenters. The highest BCUT2D eigenvalue weighted by atomic mass is 28.3. The molecule has 0 saturated carbocycles. The highest BCUT2D eigenvalue weighted by Gasteiger charge is 2.52. The number of aromatic nitrogens is 4. The molecule has 0 aliphatic heterocycles. The molecular formula is C28H34N4Si. The van der Waals surface area contributed by atoms with E-state index in [1.165, 1.54) is 21.8 Å². The summed E-state index contributed by atoms with van der Waals surface area (Å²) in [6.07, 6.45) is 0. The average molecular weight is 455 g/mol. The zero-order valence-electron chi connectivity index (χ0n) is 20.5. The van der Waals surface area contributed by atoms with Crippen LogP contribution in [-0.4, -0.2) is 27.6 Å². The van der Waals surface area contributed by atoms with Gasteiger partial charge in [-0.05, 0) is 40.9 Å². The van der Waals surface area contributed by atoms with Gasteiger partial charge < -0.3 is 4.57 Å². The van der Waals surface area contributed by atoms with Crippen molar-refractivity contribution in [2.75, 3.05) is 0 Å². The van der Waals surface area contributed by atoms with E-state index in [-0.39, 0.29) is 5.79 Å². The normalized spacial score (nSPS) is 13.8. The van der Waals surface area contributed by atoms with Gasteiger partial charge in [-0.1, -0.05) is 95.3 Å². The molecule has 0 fully saturated rings. The smallest absolute Gasteiger partial charge is 0.117 e. The molecule has 2 heterocycles. The van der Waals surface area contributed by atoms with Gasteiger partial charge in [-0.15, -0.1) is 5.10 Å². The summed E-state index contributed by atoms with van der Waals surface area (Å²) in [6.45, 7) is 14.6. The maximum atomic E-state index is 4.86. The van der Waals surface area contributed by atoms with Crippen molar-refractivity contribution in [2.24, 2.45) is 0 Å². The molecule has 0 N–H and O–H groups in total. The minimum absolute atomic E-state index is 0.106. The Labute approximate surface area is 197 Å². The van der Waals surface area contributed by atoms with Crippen LogP contribution in [-0.2, 0) is 0 Å². The average Bonchev–Trinajstić information content (AvgIpc) is 3.36. The molecule has 1 unspecified atom stereocenters. The zero-order valence-corrected chi connectivity index (χ0v) is 21.5. The summed E-state index contributed by atoms with van der Waals surface area (Å²) in [4.78, 5) is 0. The molecule has 0 aliphatic rings. The van der Waals surface area contributed by atoms with Gasteiger partial charge in [0.2, 0.25) is 0 Å². The molecule has 0 radical (unpaired) electrons. The third-order valence-corrected chi connectivity index (χ3v) is 15.3. The minimum atomic E-state index is -2.09. The molecule has 33 heavy (non-hydrogen) atoms. The van der Waals surface area contributed by atoms with Crippen LogP contribution in [0.3, 0.4) is 0 Å². The van der Waals surface area contributed by atoms with Crippen LogP contribution in [0.15, 0.2) is 72.8 Å². The van der Waals surface area contributed by atoms with E-state index in [0.29, 0.717) is 16.6 Å². The molecule has 5 aromatic rings. The van der Waals surface area contributed by atoms with Crippen molar-refractivity contribution in [3.63, 3.8) is 0 Å². The summed E-state index contributed by atoms with van der Waals surface area (Å²) >= 11 is 0. The fraction of sp³-hybridized carbons (Fsp3) is 0.357. The molecule has 2 aromatic heterocycles. The summed E-state index contributed by atoms with van der Waals surface area (Å²) in [7, 11) is -2.09. The Morgan fingerprint density at radius 3 is 1.58 bits per heavy atom. The SMILES string of the molecule is CC(C)[Si](C(C)C)(C(C)C)C(n1nnc2ccccc21)n1c2ccccc2c2ccccc21. The fourth-order valence-corrected chi connectivity index (χ4v) is 13.9. The number of fused-ring (bicyclic) bond motifs is 4. The van der Waals surface area contributed by atoms with Crippen LogP contribution in [0.5, 0.6) is 0 Å². The molecule has 170 valence electrons. The summed E-state index contributed by atoms with van der Waals surface area (Å²) in [6, 6.07) is 26.1. The predicted octanol–water partition coefficient (Wildman–Crippen LogP) is 7.80. The Balaban J connectivity index is 1.98.